The van der Waals surface area contributed by atoms with Crippen molar-refractivity contribution in [3.8, 4) is 22.6 Å². The Morgan fingerprint density at radius 1 is 0.562 bits per heavy atom. The van der Waals surface area contributed by atoms with Crippen LogP contribution in [0, 0.1) is 0 Å². The topological polar surface area (TPSA) is 97.8 Å². The highest BCUT2D eigenvalue weighted by Crippen LogP contribution is 2.41. The molecule has 5 heterocycles. The zero-order valence-corrected chi connectivity index (χ0v) is 16.9. The summed E-state index contributed by atoms with van der Waals surface area (Å²) in [5.41, 5.74) is 7.49. The van der Waals surface area contributed by atoms with E-state index in [1.54, 1.807) is 18.2 Å². The molecule has 4 aromatic rings. The number of hydrogen-bond acceptors (Lipinski definition) is 4. The highest BCUT2D eigenvalue weighted by atomic mass is 16.3. The van der Waals surface area contributed by atoms with Crippen molar-refractivity contribution in [1.29, 1.82) is 0 Å². The van der Waals surface area contributed by atoms with Gasteiger partial charge in [-0.15, -0.1) is 0 Å². The number of aromatic nitrogens is 4. The van der Waals surface area contributed by atoms with E-state index in [4.69, 9.17) is 4.98 Å². The Kier molecular flexibility index (Phi) is 3.98. The van der Waals surface area contributed by atoms with E-state index in [1.165, 1.54) is 0 Å². The van der Waals surface area contributed by atoms with Gasteiger partial charge in [-0.3, -0.25) is 0 Å². The van der Waals surface area contributed by atoms with Gasteiger partial charge in [0.05, 0.1) is 28.3 Å². The average Bonchev–Trinajstić information content (AvgIpc) is 3.55. The normalized spacial score (nSPS) is 12.4. The molecule has 8 bridgehead atoms. The minimum Gasteiger partial charge on any atom is -0.507 e. The lowest BCUT2D eigenvalue weighted by molar-refractivity contribution is 0.454. The Bertz CT molecular complexity index is 1590. The van der Waals surface area contributed by atoms with Gasteiger partial charge in [0.2, 0.25) is 0 Å². The molecule has 0 atom stereocenters. The number of phenols is 2. The van der Waals surface area contributed by atoms with E-state index in [0.717, 1.165) is 39.1 Å². The van der Waals surface area contributed by atoms with Crippen molar-refractivity contribution in [2.24, 2.45) is 0 Å². The van der Waals surface area contributed by atoms with Crippen LogP contribution in [0.4, 0.5) is 0 Å². The molecule has 32 heavy (non-hydrogen) atoms. The Morgan fingerprint density at radius 3 is 1.81 bits per heavy atom. The average molecular weight is 418 g/mol. The smallest absolute Gasteiger partial charge is 0.127 e. The highest BCUT2D eigenvalue weighted by Gasteiger charge is 2.17. The SMILES string of the molecule is Oc1cccc(O)c1-c1c2nc(cc3ccc(cc4nc(cc5ccc1[nH]5)C=C4)[nH]3)C=C2. The van der Waals surface area contributed by atoms with E-state index in [9.17, 15) is 10.2 Å². The molecular weight excluding hydrogens is 400 g/mol. The molecule has 2 aliphatic rings. The van der Waals surface area contributed by atoms with Gasteiger partial charge in [0.15, 0.2) is 0 Å². The van der Waals surface area contributed by atoms with Crippen LogP contribution >= 0.6 is 0 Å². The molecule has 0 spiro atoms. The molecule has 0 saturated heterocycles. The zero-order chi connectivity index (χ0) is 21.7. The molecule has 1 aromatic carbocycles. The molecule has 0 radical (unpaired) electrons. The molecule has 0 aliphatic carbocycles. The summed E-state index contributed by atoms with van der Waals surface area (Å²) in [5, 5.41) is 21.2. The Labute approximate surface area is 182 Å². The van der Waals surface area contributed by atoms with E-state index < -0.39 is 0 Å². The maximum Gasteiger partial charge on any atom is 0.127 e. The van der Waals surface area contributed by atoms with Crippen molar-refractivity contribution < 1.29 is 10.2 Å². The van der Waals surface area contributed by atoms with Gasteiger partial charge in [0.25, 0.3) is 0 Å². The third-order valence-electron chi connectivity index (χ3n) is 5.49. The highest BCUT2D eigenvalue weighted by molar-refractivity contribution is 5.95. The quantitative estimate of drug-likeness (QED) is 0.274. The van der Waals surface area contributed by atoms with E-state index in [0.29, 0.717) is 16.8 Å². The minimum atomic E-state index is -0.0186. The largest absolute Gasteiger partial charge is 0.507 e. The van der Waals surface area contributed by atoms with Crippen molar-refractivity contribution in [2.75, 3.05) is 0 Å². The molecule has 6 heteroatoms. The van der Waals surface area contributed by atoms with Crippen molar-refractivity contribution >= 4 is 46.4 Å². The third-order valence-corrected chi connectivity index (χ3v) is 5.49. The van der Waals surface area contributed by atoms with Crippen LogP contribution in [0.2, 0.25) is 0 Å². The van der Waals surface area contributed by atoms with Crippen LogP contribution in [0.3, 0.4) is 0 Å². The number of hydrogen-bond donors (Lipinski definition) is 4. The number of aromatic amines is 2. The first-order valence-corrected chi connectivity index (χ1v) is 10.2. The van der Waals surface area contributed by atoms with Gasteiger partial charge in [-0.05, 0) is 78.9 Å². The lowest BCUT2D eigenvalue weighted by Crippen LogP contribution is -1.87. The van der Waals surface area contributed by atoms with Crippen molar-refractivity contribution in [3.05, 3.63) is 83.4 Å². The van der Waals surface area contributed by atoms with E-state index in [2.05, 4.69) is 15.0 Å². The summed E-state index contributed by atoms with van der Waals surface area (Å²) in [4.78, 5) is 16.2. The first-order valence-electron chi connectivity index (χ1n) is 10.2. The van der Waals surface area contributed by atoms with Crippen molar-refractivity contribution in [2.45, 2.75) is 0 Å². The van der Waals surface area contributed by atoms with Gasteiger partial charge in [0, 0.05) is 27.6 Å². The summed E-state index contributed by atoms with van der Waals surface area (Å²) in [6.07, 6.45) is 7.73. The second-order valence-electron chi connectivity index (χ2n) is 7.73. The second kappa shape index (κ2) is 6.99. The number of H-pyrrole nitrogens is 2. The monoisotopic (exact) mass is 418 g/mol. The number of rotatable bonds is 1. The van der Waals surface area contributed by atoms with E-state index >= 15 is 0 Å². The van der Waals surface area contributed by atoms with Crippen molar-refractivity contribution in [1.82, 2.24) is 19.9 Å². The molecule has 6 rings (SSSR count). The van der Waals surface area contributed by atoms with Gasteiger partial charge in [-0.25, -0.2) is 9.97 Å². The lowest BCUT2D eigenvalue weighted by atomic mass is 10.0. The molecule has 154 valence electrons. The fourth-order valence-corrected chi connectivity index (χ4v) is 4.06. The summed E-state index contributed by atoms with van der Waals surface area (Å²) in [7, 11) is 0. The number of benzene rings is 1. The first-order chi connectivity index (χ1) is 15.6. The molecule has 6 nitrogen and oxygen atoms in total. The number of aromatic hydroxyl groups is 2. The Balaban J connectivity index is 1.75. The Hall–Kier alpha value is -4.58. The number of nitrogens with zero attached hydrogens (tertiary/aromatic N) is 2. The maximum atomic E-state index is 10.6. The lowest BCUT2D eigenvalue weighted by Gasteiger charge is -2.08. The summed E-state index contributed by atoms with van der Waals surface area (Å²) >= 11 is 0. The number of nitrogens with one attached hydrogen (secondary N) is 2. The van der Waals surface area contributed by atoms with Crippen LogP contribution in [0.25, 0.3) is 57.5 Å². The molecular formula is C26H18N4O2. The molecule has 0 amide bonds. The predicted octanol–water partition coefficient (Wildman–Crippen LogP) is 5.73. The summed E-state index contributed by atoms with van der Waals surface area (Å²) in [5.74, 6) is -0.0371. The fraction of sp³-hybridized carbons (Fsp3) is 0. The number of phenolic OH excluding ortho intramolecular Hbond substituents is 2. The fourth-order valence-electron chi connectivity index (χ4n) is 4.06. The van der Waals surface area contributed by atoms with Gasteiger partial charge in [0.1, 0.15) is 11.5 Å². The van der Waals surface area contributed by atoms with E-state index in [-0.39, 0.29) is 11.5 Å². The van der Waals surface area contributed by atoms with Gasteiger partial charge in [-0.1, -0.05) is 6.07 Å². The molecule has 3 aromatic heterocycles. The van der Waals surface area contributed by atoms with Crippen LogP contribution in [0.5, 0.6) is 11.5 Å². The van der Waals surface area contributed by atoms with Gasteiger partial charge in [-0.2, -0.15) is 0 Å². The van der Waals surface area contributed by atoms with Crippen LogP contribution in [-0.2, 0) is 0 Å². The first kappa shape index (κ1) is 18.2. The van der Waals surface area contributed by atoms with E-state index in [1.807, 2.05) is 66.8 Å². The van der Waals surface area contributed by atoms with Crippen molar-refractivity contribution in [3.63, 3.8) is 0 Å². The zero-order valence-electron chi connectivity index (χ0n) is 16.9. The van der Waals surface area contributed by atoms with Crippen LogP contribution in [-0.4, -0.2) is 30.1 Å². The van der Waals surface area contributed by atoms with Crippen LogP contribution in [0.1, 0.15) is 22.8 Å². The predicted molar refractivity (Wildman–Crippen MR) is 128 cm³/mol. The summed E-state index contributed by atoms with van der Waals surface area (Å²) < 4.78 is 0. The van der Waals surface area contributed by atoms with Crippen LogP contribution in [0.15, 0.2) is 60.7 Å². The molecule has 4 N–H and O–H groups in total. The summed E-state index contributed by atoms with van der Waals surface area (Å²) in [6, 6.07) is 18.5. The van der Waals surface area contributed by atoms with Gasteiger partial charge >= 0.3 is 0 Å². The Morgan fingerprint density at radius 2 is 1.12 bits per heavy atom. The third kappa shape index (κ3) is 3.15. The maximum absolute atomic E-state index is 10.6. The second-order valence-corrected chi connectivity index (χ2v) is 7.73. The molecule has 2 aliphatic heterocycles. The minimum absolute atomic E-state index is 0.0186. The molecule has 0 saturated carbocycles. The van der Waals surface area contributed by atoms with Crippen LogP contribution < -0.4 is 0 Å². The molecule has 0 unspecified atom stereocenters. The number of fused-ring (bicyclic) bond motifs is 8. The van der Waals surface area contributed by atoms with Gasteiger partial charge < -0.3 is 20.2 Å². The standard InChI is InChI=1S/C26H18N4O2/c31-23-2-1-3-24(32)26(23)25-21-10-8-19(29-21)13-17-6-4-15(27-17)12-16-5-7-18(28-16)14-20-9-11-22(25)30-20/h1-14,27,30-32H. The molecule has 0 fully saturated rings. The summed E-state index contributed by atoms with van der Waals surface area (Å²) in [6.45, 7) is 0.